The van der Waals surface area contributed by atoms with Gasteiger partial charge >= 0.3 is 0 Å². The van der Waals surface area contributed by atoms with Crippen molar-refractivity contribution in [3.8, 4) is 5.75 Å². The van der Waals surface area contributed by atoms with Crippen LogP contribution in [0.5, 0.6) is 5.75 Å². The summed E-state index contributed by atoms with van der Waals surface area (Å²) in [4.78, 5) is 13.5. The van der Waals surface area contributed by atoms with Gasteiger partial charge in [-0.1, -0.05) is 0 Å². The Morgan fingerprint density at radius 1 is 1.59 bits per heavy atom. The number of nitrogens with one attached hydrogen (secondary N) is 1. The number of hydrogen-bond donors (Lipinski definition) is 2. The number of amides is 1. The molecule has 0 atom stereocenters. The molecule has 0 fully saturated rings. The zero-order valence-corrected chi connectivity index (χ0v) is 9.90. The van der Waals surface area contributed by atoms with E-state index in [0.29, 0.717) is 19.6 Å². The number of ether oxygens (including phenoxy) is 1. The molecule has 1 aliphatic heterocycles. The maximum absolute atomic E-state index is 11.4. The number of fused-ring (bicyclic) bond motifs is 1. The lowest BCUT2D eigenvalue weighted by Gasteiger charge is -2.28. The fourth-order valence-electron chi connectivity index (χ4n) is 1.78. The van der Waals surface area contributed by atoms with Crippen LogP contribution in [0.1, 0.15) is 6.42 Å². The van der Waals surface area contributed by atoms with Gasteiger partial charge in [0, 0.05) is 25.7 Å². The Bertz CT molecular complexity index is 420. The average Bonchev–Trinajstić information content (AvgIpc) is 2.30. The number of likely N-dealkylation sites (N-methyl/N-ethyl adjacent to an activating group) is 1. The number of carbonyl (C=O) groups excluding carboxylic acids is 1. The molecule has 1 aliphatic rings. The Morgan fingerprint density at radius 3 is 3.18 bits per heavy atom. The number of nitrogens with two attached hydrogens (primary N) is 1. The van der Waals surface area contributed by atoms with Crippen LogP contribution in [0.2, 0.25) is 0 Å². The van der Waals surface area contributed by atoms with Crippen molar-refractivity contribution >= 4 is 17.3 Å². The smallest absolute Gasteiger partial charge is 0.225 e. The van der Waals surface area contributed by atoms with Crippen LogP contribution in [0, 0.1) is 0 Å². The van der Waals surface area contributed by atoms with Crippen LogP contribution in [-0.2, 0) is 4.79 Å². The molecule has 92 valence electrons. The van der Waals surface area contributed by atoms with Gasteiger partial charge in [0.05, 0.1) is 12.2 Å². The zero-order valence-electron chi connectivity index (χ0n) is 9.90. The first kappa shape index (κ1) is 11.7. The van der Waals surface area contributed by atoms with E-state index in [1.807, 2.05) is 25.2 Å². The second kappa shape index (κ2) is 5.05. The molecule has 5 heteroatoms. The summed E-state index contributed by atoms with van der Waals surface area (Å²) in [6.07, 6.45) is 0.337. The highest BCUT2D eigenvalue weighted by Gasteiger charge is 2.15. The molecule has 0 aromatic heterocycles. The van der Waals surface area contributed by atoms with E-state index in [2.05, 4.69) is 10.2 Å². The van der Waals surface area contributed by atoms with E-state index in [1.165, 1.54) is 0 Å². The quantitative estimate of drug-likeness (QED) is 0.813. The van der Waals surface area contributed by atoms with Crippen molar-refractivity contribution in [1.82, 2.24) is 0 Å². The minimum absolute atomic E-state index is 0.0631. The standard InChI is InChI=1S/C12H17N3O2/c1-15-6-7-17-11-3-2-9(8-10(11)15)14-12(16)4-5-13/h2-3,8H,4-7,13H2,1H3,(H,14,16). The number of carbonyl (C=O) groups is 1. The van der Waals surface area contributed by atoms with E-state index in [1.54, 1.807) is 0 Å². The summed E-state index contributed by atoms with van der Waals surface area (Å²) in [5, 5.41) is 2.81. The molecule has 0 spiro atoms. The summed E-state index contributed by atoms with van der Waals surface area (Å²) in [7, 11) is 2.01. The zero-order chi connectivity index (χ0) is 12.3. The lowest BCUT2D eigenvalue weighted by Crippen LogP contribution is -2.28. The van der Waals surface area contributed by atoms with Crippen molar-refractivity contribution in [2.75, 3.05) is 37.0 Å². The Morgan fingerprint density at radius 2 is 2.41 bits per heavy atom. The Labute approximate surface area is 101 Å². The van der Waals surface area contributed by atoms with Crippen LogP contribution >= 0.6 is 0 Å². The third-order valence-electron chi connectivity index (χ3n) is 2.71. The molecule has 1 amide bonds. The van der Waals surface area contributed by atoms with Crippen molar-refractivity contribution in [3.63, 3.8) is 0 Å². The molecule has 0 bridgehead atoms. The van der Waals surface area contributed by atoms with Crippen molar-refractivity contribution in [3.05, 3.63) is 18.2 Å². The highest BCUT2D eigenvalue weighted by Crippen LogP contribution is 2.33. The molecule has 1 aromatic carbocycles. The maximum Gasteiger partial charge on any atom is 0.225 e. The molecule has 2 rings (SSSR count). The molecular formula is C12H17N3O2. The first-order chi connectivity index (χ1) is 8.20. The molecule has 0 saturated heterocycles. The van der Waals surface area contributed by atoms with Crippen molar-refractivity contribution < 1.29 is 9.53 Å². The van der Waals surface area contributed by atoms with E-state index in [4.69, 9.17) is 10.5 Å². The molecule has 0 radical (unpaired) electrons. The molecule has 5 nitrogen and oxygen atoms in total. The van der Waals surface area contributed by atoms with Crippen LogP contribution in [0.25, 0.3) is 0 Å². The average molecular weight is 235 g/mol. The van der Waals surface area contributed by atoms with Crippen LogP contribution in [0.4, 0.5) is 11.4 Å². The highest BCUT2D eigenvalue weighted by molar-refractivity contribution is 5.91. The molecule has 1 aromatic rings. The third kappa shape index (κ3) is 2.68. The van der Waals surface area contributed by atoms with Gasteiger partial charge in [0.1, 0.15) is 12.4 Å². The van der Waals surface area contributed by atoms with Gasteiger partial charge in [0.2, 0.25) is 5.91 Å². The van der Waals surface area contributed by atoms with Crippen LogP contribution in [-0.4, -0.2) is 32.7 Å². The van der Waals surface area contributed by atoms with E-state index >= 15 is 0 Å². The summed E-state index contributed by atoms with van der Waals surface area (Å²) >= 11 is 0. The summed E-state index contributed by atoms with van der Waals surface area (Å²) < 4.78 is 5.53. The second-order valence-electron chi connectivity index (χ2n) is 4.04. The van der Waals surface area contributed by atoms with Gasteiger partial charge in [-0.25, -0.2) is 0 Å². The van der Waals surface area contributed by atoms with E-state index in [-0.39, 0.29) is 5.91 Å². The molecular weight excluding hydrogens is 218 g/mol. The fraction of sp³-hybridized carbons (Fsp3) is 0.417. The Kier molecular flexibility index (Phi) is 3.49. The van der Waals surface area contributed by atoms with Gasteiger partial charge in [-0.3, -0.25) is 4.79 Å². The first-order valence-electron chi connectivity index (χ1n) is 5.68. The van der Waals surface area contributed by atoms with Crippen LogP contribution in [0.15, 0.2) is 18.2 Å². The summed E-state index contributed by atoms with van der Waals surface area (Å²) in [5.74, 6) is 0.794. The Hall–Kier alpha value is -1.75. The molecule has 0 unspecified atom stereocenters. The summed E-state index contributed by atoms with van der Waals surface area (Å²) in [6.45, 7) is 1.91. The lowest BCUT2D eigenvalue weighted by atomic mass is 10.2. The third-order valence-corrected chi connectivity index (χ3v) is 2.71. The van der Waals surface area contributed by atoms with Gasteiger partial charge in [0.15, 0.2) is 0 Å². The largest absolute Gasteiger partial charge is 0.490 e. The van der Waals surface area contributed by atoms with Crippen molar-refractivity contribution in [2.24, 2.45) is 5.73 Å². The van der Waals surface area contributed by atoms with E-state index in [9.17, 15) is 4.79 Å². The number of hydrogen-bond acceptors (Lipinski definition) is 4. The Balaban J connectivity index is 2.15. The number of rotatable bonds is 3. The van der Waals surface area contributed by atoms with Crippen molar-refractivity contribution in [1.29, 1.82) is 0 Å². The number of nitrogens with zero attached hydrogens (tertiary/aromatic N) is 1. The lowest BCUT2D eigenvalue weighted by molar-refractivity contribution is -0.116. The summed E-state index contributed by atoms with van der Waals surface area (Å²) in [6, 6.07) is 5.64. The van der Waals surface area contributed by atoms with E-state index < -0.39 is 0 Å². The molecule has 1 heterocycles. The van der Waals surface area contributed by atoms with Gasteiger partial charge in [0.25, 0.3) is 0 Å². The van der Waals surface area contributed by atoms with Gasteiger partial charge in [-0.2, -0.15) is 0 Å². The topological polar surface area (TPSA) is 67.6 Å². The van der Waals surface area contributed by atoms with Crippen LogP contribution < -0.4 is 20.7 Å². The predicted molar refractivity (Wildman–Crippen MR) is 67.5 cm³/mol. The van der Waals surface area contributed by atoms with Gasteiger partial charge in [-0.15, -0.1) is 0 Å². The van der Waals surface area contributed by atoms with Gasteiger partial charge < -0.3 is 20.7 Å². The molecule has 0 aliphatic carbocycles. The van der Waals surface area contributed by atoms with Gasteiger partial charge in [-0.05, 0) is 18.2 Å². The molecule has 3 N–H and O–H groups in total. The summed E-state index contributed by atoms with van der Waals surface area (Å²) in [5.41, 5.74) is 7.11. The highest BCUT2D eigenvalue weighted by atomic mass is 16.5. The van der Waals surface area contributed by atoms with Crippen molar-refractivity contribution in [2.45, 2.75) is 6.42 Å². The first-order valence-corrected chi connectivity index (χ1v) is 5.68. The minimum atomic E-state index is -0.0631. The monoisotopic (exact) mass is 235 g/mol. The minimum Gasteiger partial charge on any atom is -0.490 e. The molecule has 0 saturated carbocycles. The predicted octanol–water partition coefficient (Wildman–Crippen LogP) is 0.802. The maximum atomic E-state index is 11.4. The normalized spacial score (nSPS) is 13.9. The molecule has 17 heavy (non-hydrogen) atoms. The number of anilines is 2. The SMILES string of the molecule is CN1CCOc2ccc(NC(=O)CCN)cc21. The van der Waals surface area contributed by atoms with Crippen LogP contribution in [0.3, 0.4) is 0 Å². The fourth-order valence-corrected chi connectivity index (χ4v) is 1.78. The second-order valence-corrected chi connectivity index (χ2v) is 4.04. The number of benzene rings is 1. The van der Waals surface area contributed by atoms with E-state index in [0.717, 1.165) is 23.7 Å².